The van der Waals surface area contributed by atoms with Gasteiger partial charge in [-0.2, -0.15) is 13.2 Å². The molecule has 10 nitrogen and oxygen atoms in total. The summed E-state index contributed by atoms with van der Waals surface area (Å²) >= 11 is 0. The molecule has 0 saturated carbocycles. The summed E-state index contributed by atoms with van der Waals surface area (Å²) in [5.41, 5.74) is -5.89. The Morgan fingerprint density at radius 3 is 2.31 bits per heavy atom. The van der Waals surface area contributed by atoms with Crippen LogP contribution in [0.1, 0.15) is 23.1 Å². The second kappa shape index (κ2) is 10.7. The fourth-order valence-corrected chi connectivity index (χ4v) is 4.49. The van der Waals surface area contributed by atoms with Gasteiger partial charge in [0, 0.05) is 13.0 Å². The van der Waals surface area contributed by atoms with Crippen LogP contribution in [0.5, 0.6) is 11.5 Å². The van der Waals surface area contributed by atoms with Gasteiger partial charge in [-0.3, -0.25) is 23.9 Å². The van der Waals surface area contributed by atoms with E-state index in [2.05, 4.69) is 0 Å². The molecule has 206 valence electrons. The average molecular weight is 547 g/mol. The van der Waals surface area contributed by atoms with Crippen molar-refractivity contribution in [3.05, 3.63) is 86.1 Å². The molecule has 4 rings (SSSR count). The normalized spacial score (nSPS) is 16.4. The minimum absolute atomic E-state index is 0.107. The molecule has 0 radical (unpaired) electrons. The maximum Gasteiger partial charge on any atom is 0.425 e. The Hall–Kier alpha value is -4.55. The molecule has 0 unspecified atom stereocenters. The summed E-state index contributed by atoms with van der Waals surface area (Å²) in [6, 6.07) is 13.5. The van der Waals surface area contributed by atoms with E-state index in [1.807, 2.05) is 10.3 Å². The number of aromatic nitrogens is 2. The van der Waals surface area contributed by atoms with Crippen LogP contribution >= 0.6 is 0 Å². The van der Waals surface area contributed by atoms with Crippen molar-refractivity contribution in [2.45, 2.75) is 37.5 Å². The van der Waals surface area contributed by atoms with Gasteiger partial charge in [0.2, 0.25) is 11.4 Å². The van der Waals surface area contributed by atoms with Crippen molar-refractivity contribution >= 4 is 17.6 Å². The zero-order valence-corrected chi connectivity index (χ0v) is 21.0. The highest BCUT2D eigenvalue weighted by Gasteiger charge is 2.68. The zero-order chi connectivity index (χ0) is 28.4. The number of rotatable bonds is 9. The second-order valence-electron chi connectivity index (χ2n) is 8.81. The number of amides is 2. The molecule has 1 atom stereocenters. The Labute approximate surface area is 219 Å². The fourth-order valence-electron chi connectivity index (χ4n) is 4.49. The van der Waals surface area contributed by atoms with E-state index < -0.39 is 46.2 Å². The van der Waals surface area contributed by atoms with Gasteiger partial charge in [0.1, 0.15) is 11.4 Å². The Morgan fingerprint density at radius 1 is 0.974 bits per heavy atom. The van der Waals surface area contributed by atoms with Crippen molar-refractivity contribution in [3.63, 3.8) is 0 Å². The topological polar surface area (TPSA) is 132 Å². The number of carbonyl (C=O) groups is 2. The summed E-state index contributed by atoms with van der Waals surface area (Å²) in [4.78, 5) is 52.8. The molecule has 39 heavy (non-hydrogen) atoms. The number of nitrogens with one attached hydrogen (secondary N) is 3. The Kier molecular flexibility index (Phi) is 7.52. The molecule has 3 N–H and O–H groups in total. The molecule has 2 amide bonds. The Balaban J connectivity index is 1.69. The first-order valence-electron chi connectivity index (χ1n) is 11.8. The van der Waals surface area contributed by atoms with Gasteiger partial charge >= 0.3 is 11.9 Å². The number of hydrogen-bond donors (Lipinski definition) is 3. The quantitative estimate of drug-likeness (QED) is 0.377. The number of nitrogens with zero attached hydrogens (tertiary/aromatic N) is 1. The number of H-pyrrole nitrogens is 1. The van der Waals surface area contributed by atoms with Crippen LogP contribution in [-0.2, 0) is 34.5 Å². The first kappa shape index (κ1) is 27.5. The maximum atomic E-state index is 14.5. The first-order valence-corrected chi connectivity index (χ1v) is 11.8. The smallest absolute Gasteiger partial charge is 0.425 e. The molecule has 1 aliphatic heterocycles. The number of benzene rings is 2. The first-order chi connectivity index (χ1) is 18.5. The molecule has 13 heteroatoms. The number of fused-ring (bicyclic) bond motifs is 1. The third-order valence-electron chi connectivity index (χ3n) is 6.45. The molecule has 0 saturated heterocycles. The van der Waals surface area contributed by atoms with Crippen LogP contribution < -0.4 is 31.4 Å². The van der Waals surface area contributed by atoms with E-state index in [0.29, 0.717) is 22.6 Å². The monoisotopic (exact) mass is 546 g/mol. The summed E-state index contributed by atoms with van der Waals surface area (Å²) in [5, 5.41) is 3.78. The predicted molar refractivity (Wildman–Crippen MR) is 134 cm³/mol. The van der Waals surface area contributed by atoms with Gasteiger partial charge in [0.25, 0.3) is 11.5 Å². The zero-order valence-electron chi connectivity index (χ0n) is 21.0. The summed E-state index contributed by atoms with van der Waals surface area (Å²) < 4.78 is 54.9. The van der Waals surface area contributed by atoms with E-state index in [9.17, 15) is 32.3 Å². The molecule has 0 aliphatic carbocycles. The van der Waals surface area contributed by atoms with Gasteiger partial charge in [0.15, 0.2) is 11.5 Å². The van der Waals surface area contributed by atoms with E-state index in [1.165, 1.54) is 14.2 Å². The number of ether oxygens (including phenoxy) is 2. The average Bonchev–Trinajstić information content (AvgIpc) is 3.20. The van der Waals surface area contributed by atoms with Crippen molar-refractivity contribution in [2.24, 2.45) is 0 Å². The van der Waals surface area contributed by atoms with E-state index in [0.717, 1.165) is 4.57 Å². The third kappa shape index (κ3) is 5.11. The minimum atomic E-state index is -5.40. The molecule has 0 bridgehead atoms. The minimum Gasteiger partial charge on any atom is -0.493 e. The lowest BCUT2D eigenvalue weighted by atomic mass is 9.91. The second-order valence-corrected chi connectivity index (χ2v) is 8.81. The fraction of sp³-hybridized carbons (Fsp3) is 0.308. The van der Waals surface area contributed by atoms with Gasteiger partial charge < -0.3 is 20.1 Å². The van der Waals surface area contributed by atoms with Crippen molar-refractivity contribution in [2.75, 3.05) is 19.5 Å². The molecule has 2 aromatic carbocycles. The van der Waals surface area contributed by atoms with Gasteiger partial charge in [-0.1, -0.05) is 36.4 Å². The van der Waals surface area contributed by atoms with E-state index in [-0.39, 0.29) is 25.8 Å². The number of methoxy groups -OCH3 is 2. The van der Waals surface area contributed by atoms with Crippen LogP contribution in [0.15, 0.2) is 58.1 Å². The van der Waals surface area contributed by atoms with Crippen LogP contribution in [0.2, 0.25) is 0 Å². The number of halogens is 3. The van der Waals surface area contributed by atoms with Gasteiger partial charge in [-0.15, -0.1) is 0 Å². The number of hydrogen-bond acceptors (Lipinski definition) is 6. The van der Waals surface area contributed by atoms with Crippen molar-refractivity contribution in [3.8, 4) is 11.5 Å². The summed E-state index contributed by atoms with van der Waals surface area (Å²) in [6.07, 6.45) is -5.54. The van der Waals surface area contributed by atoms with Crippen LogP contribution in [0.25, 0.3) is 0 Å². The lowest BCUT2D eigenvalue weighted by Gasteiger charge is -2.30. The van der Waals surface area contributed by atoms with Crippen LogP contribution in [0.3, 0.4) is 0 Å². The van der Waals surface area contributed by atoms with E-state index in [1.54, 1.807) is 53.8 Å². The van der Waals surface area contributed by atoms with Crippen LogP contribution in [0.4, 0.5) is 19.0 Å². The van der Waals surface area contributed by atoms with Crippen molar-refractivity contribution in [1.82, 2.24) is 14.9 Å². The maximum absolute atomic E-state index is 14.5. The van der Waals surface area contributed by atoms with Gasteiger partial charge in [-0.25, -0.2) is 4.79 Å². The van der Waals surface area contributed by atoms with E-state index >= 15 is 0 Å². The molecule has 0 spiro atoms. The number of anilines is 1. The van der Waals surface area contributed by atoms with Crippen molar-refractivity contribution < 1.29 is 32.2 Å². The summed E-state index contributed by atoms with van der Waals surface area (Å²) in [6.45, 7) is -0.205. The molecule has 0 fully saturated rings. The highest BCUT2D eigenvalue weighted by Crippen LogP contribution is 2.45. The predicted octanol–water partition coefficient (Wildman–Crippen LogP) is 2.26. The lowest BCUT2D eigenvalue weighted by Crippen LogP contribution is -2.62. The molecule has 1 aromatic heterocycles. The van der Waals surface area contributed by atoms with Gasteiger partial charge in [-0.05, 0) is 36.1 Å². The molecular formula is C26H25F3N4O6. The summed E-state index contributed by atoms with van der Waals surface area (Å²) in [7, 11) is 2.89. The van der Waals surface area contributed by atoms with Crippen LogP contribution in [0, 0.1) is 0 Å². The standard InChI is InChI=1S/C26H25F3N4O6/c1-38-17-10-8-16(14-18(17)39-2)12-13-33-21-20(22(35)31-24(33)37)25(23(36)30-21,26(27,28)29)32-19(34)11-9-15-6-4-3-5-7-15/h3-8,10,14H,9,11-13H2,1-2H3,(H,30,36)(H,32,34)(H,31,35,37)/t25-/m1/s1. The Morgan fingerprint density at radius 2 is 1.67 bits per heavy atom. The Bertz CT molecular complexity index is 1520. The largest absolute Gasteiger partial charge is 0.493 e. The molecule has 1 aliphatic rings. The third-order valence-corrected chi connectivity index (χ3v) is 6.45. The van der Waals surface area contributed by atoms with E-state index in [4.69, 9.17) is 9.47 Å². The highest BCUT2D eigenvalue weighted by atomic mass is 19.4. The summed E-state index contributed by atoms with van der Waals surface area (Å²) in [5.74, 6) is -2.56. The number of aromatic amines is 1. The number of aryl methyl sites for hydroxylation is 2. The SMILES string of the molecule is COc1ccc(CCn2c3c(c(=O)[nH]c2=O)[C@](NC(=O)CCc2ccccc2)(C(F)(F)F)C(=O)N3)cc1OC. The number of carbonyl (C=O) groups excluding carboxylic acids is 2. The van der Waals surface area contributed by atoms with Crippen LogP contribution in [-0.4, -0.2) is 41.8 Å². The van der Waals surface area contributed by atoms with Crippen molar-refractivity contribution in [1.29, 1.82) is 0 Å². The highest BCUT2D eigenvalue weighted by molar-refractivity contribution is 6.07. The van der Waals surface area contributed by atoms with Gasteiger partial charge in [0.05, 0.1) is 14.2 Å². The molecule has 2 heterocycles. The molecule has 3 aromatic rings. The molecular weight excluding hydrogens is 521 g/mol. The lowest BCUT2D eigenvalue weighted by molar-refractivity contribution is -0.200. The number of alkyl halides is 3.